The standard InChI is InChI=1S/C14H15BrN2S/c1-16-9-14(6-7-14)13-17-12(8-18-13)10-2-4-11(15)5-3-10/h2-5,8,16H,6-7,9H2,1H3. The maximum absolute atomic E-state index is 4.83. The minimum Gasteiger partial charge on any atom is -0.319 e. The summed E-state index contributed by atoms with van der Waals surface area (Å²) in [5, 5.41) is 6.75. The van der Waals surface area contributed by atoms with Crippen molar-refractivity contribution in [2.75, 3.05) is 13.6 Å². The molecule has 94 valence electrons. The van der Waals surface area contributed by atoms with E-state index in [-0.39, 0.29) is 0 Å². The van der Waals surface area contributed by atoms with E-state index in [1.807, 2.05) is 7.05 Å². The number of rotatable bonds is 4. The fourth-order valence-electron chi connectivity index (χ4n) is 2.23. The quantitative estimate of drug-likeness (QED) is 0.925. The van der Waals surface area contributed by atoms with Crippen molar-refractivity contribution in [1.82, 2.24) is 10.3 Å². The van der Waals surface area contributed by atoms with E-state index >= 15 is 0 Å². The van der Waals surface area contributed by atoms with Crippen molar-refractivity contribution in [3.8, 4) is 11.3 Å². The molecule has 0 aliphatic heterocycles. The van der Waals surface area contributed by atoms with Crippen LogP contribution in [0.4, 0.5) is 0 Å². The van der Waals surface area contributed by atoms with Gasteiger partial charge in [-0.3, -0.25) is 0 Å². The van der Waals surface area contributed by atoms with Crippen LogP contribution >= 0.6 is 27.3 Å². The van der Waals surface area contributed by atoms with Gasteiger partial charge in [0, 0.05) is 27.4 Å². The lowest BCUT2D eigenvalue weighted by Crippen LogP contribution is -2.23. The van der Waals surface area contributed by atoms with Crippen LogP contribution in [0.2, 0.25) is 0 Å². The Morgan fingerprint density at radius 2 is 2.06 bits per heavy atom. The smallest absolute Gasteiger partial charge is 0.101 e. The second kappa shape index (κ2) is 4.76. The van der Waals surface area contributed by atoms with Gasteiger partial charge in [-0.05, 0) is 32.0 Å². The average molecular weight is 323 g/mol. The minimum atomic E-state index is 0.326. The first-order valence-electron chi connectivity index (χ1n) is 6.10. The molecule has 1 aromatic carbocycles. The van der Waals surface area contributed by atoms with E-state index in [2.05, 4.69) is 50.9 Å². The lowest BCUT2D eigenvalue weighted by Gasteiger charge is -2.10. The van der Waals surface area contributed by atoms with Crippen LogP contribution in [0.15, 0.2) is 34.1 Å². The van der Waals surface area contributed by atoms with Gasteiger partial charge in [0.05, 0.1) is 5.69 Å². The molecular weight excluding hydrogens is 308 g/mol. The third-order valence-electron chi connectivity index (χ3n) is 3.47. The molecule has 0 atom stereocenters. The first-order valence-corrected chi connectivity index (χ1v) is 7.77. The van der Waals surface area contributed by atoms with Gasteiger partial charge in [-0.1, -0.05) is 28.1 Å². The van der Waals surface area contributed by atoms with Crippen LogP contribution in [-0.2, 0) is 5.41 Å². The van der Waals surface area contributed by atoms with Crippen LogP contribution in [0.5, 0.6) is 0 Å². The lowest BCUT2D eigenvalue weighted by atomic mass is 10.1. The predicted molar refractivity (Wildman–Crippen MR) is 80.1 cm³/mol. The largest absolute Gasteiger partial charge is 0.319 e. The van der Waals surface area contributed by atoms with Crippen molar-refractivity contribution in [3.63, 3.8) is 0 Å². The summed E-state index contributed by atoms with van der Waals surface area (Å²) in [7, 11) is 2.02. The van der Waals surface area contributed by atoms with Crippen LogP contribution in [0, 0.1) is 0 Å². The van der Waals surface area contributed by atoms with Gasteiger partial charge in [0.15, 0.2) is 0 Å². The topological polar surface area (TPSA) is 24.9 Å². The van der Waals surface area contributed by atoms with Crippen LogP contribution in [0.3, 0.4) is 0 Å². The van der Waals surface area contributed by atoms with Gasteiger partial charge in [-0.15, -0.1) is 11.3 Å². The van der Waals surface area contributed by atoms with Crippen molar-refractivity contribution in [1.29, 1.82) is 0 Å². The molecule has 18 heavy (non-hydrogen) atoms. The Balaban J connectivity index is 1.88. The Bertz CT molecular complexity index is 543. The summed E-state index contributed by atoms with van der Waals surface area (Å²) in [5.74, 6) is 0. The highest BCUT2D eigenvalue weighted by Crippen LogP contribution is 2.49. The molecule has 3 rings (SSSR count). The van der Waals surface area contributed by atoms with Gasteiger partial charge in [0.2, 0.25) is 0 Å². The van der Waals surface area contributed by atoms with Crippen molar-refractivity contribution in [2.24, 2.45) is 0 Å². The molecule has 2 nitrogen and oxygen atoms in total. The molecule has 1 N–H and O–H groups in total. The third-order valence-corrected chi connectivity index (χ3v) is 5.08. The highest BCUT2D eigenvalue weighted by molar-refractivity contribution is 9.10. The zero-order chi connectivity index (χ0) is 12.6. The van der Waals surface area contributed by atoms with Gasteiger partial charge in [0.1, 0.15) is 5.01 Å². The maximum atomic E-state index is 4.83. The van der Waals surface area contributed by atoms with E-state index in [1.54, 1.807) is 11.3 Å². The number of likely N-dealkylation sites (N-methyl/N-ethyl adjacent to an activating group) is 1. The number of halogens is 1. The normalized spacial score (nSPS) is 16.8. The number of nitrogens with zero attached hydrogens (tertiary/aromatic N) is 1. The van der Waals surface area contributed by atoms with Crippen LogP contribution < -0.4 is 5.32 Å². The second-order valence-corrected chi connectivity index (χ2v) is 6.63. The van der Waals surface area contributed by atoms with Crippen molar-refractivity contribution < 1.29 is 0 Å². The Morgan fingerprint density at radius 1 is 1.33 bits per heavy atom. The molecule has 0 spiro atoms. The summed E-state index contributed by atoms with van der Waals surface area (Å²) < 4.78 is 1.11. The molecule has 4 heteroatoms. The van der Waals surface area contributed by atoms with Gasteiger partial charge >= 0.3 is 0 Å². The maximum Gasteiger partial charge on any atom is 0.101 e. The first kappa shape index (κ1) is 12.3. The van der Waals surface area contributed by atoms with Crippen molar-refractivity contribution in [2.45, 2.75) is 18.3 Å². The molecule has 0 bridgehead atoms. The summed E-state index contributed by atoms with van der Waals surface area (Å²) >= 11 is 5.25. The molecule has 1 saturated carbocycles. The minimum absolute atomic E-state index is 0.326. The Labute approximate surface area is 120 Å². The van der Waals surface area contributed by atoms with Crippen LogP contribution in [0.25, 0.3) is 11.3 Å². The fraction of sp³-hybridized carbons (Fsp3) is 0.357. The van der Waals surface area contributed by atoms with E-state index in [4.69, 9.17) is 4.98 Å². The van der Waals surface area contributed by atoms with Gasteiger partial charge in [-0.25, -0.2) is 4.98 Å². The van der Waals surface area contributed by atoms with Gasteiger partial charge in [0.25, 0.3) is 0 Å². The highest BCUT2D eigenvalue weighted by Gasteiger charge is 2.46. The van der Waals surface area contributed by atoms with Crippen LogP contribution in [0.1, 0.15) is 17.8 Å². The molecule has 0 amide bonds. The number of thiazole rings is 1. The summed E-state index contributed by atoms with van der Waals surface area (Å²) in [4.78, 5) is 4.83. The molecule has 0 unspecified atom stereocenters. The van der Waals surface area contributed by atoms with Crippen LogP contribution in [-0.4, -0.2) is 18.6 Å². The Kier molecular flexibility index (Phi) is 3.26. The SMILES string of the molecule is CNCC1(c2nc(-c3ccc(Br)cc3)cs2)CC1. The Hall–Kier alpha value is -0.710. The number of benzene rings is 1. The van der Waals surface area contributed by atoms with E-state index in [0.29, 0.717) is 5.41 Å². The van der Waals surface area contributed by atoms with E-state index < -0.39 is 0 Å². The zero-order valence-corrected chi connectivity index (χ0v) is 12.6. The fourth-order valence-corrected chi connectivity index (χ4v) is 3.58. The summed E-state index contributed by atoms with van der Waals surface area (Å²) in [5.41, 5.74) is 2.62. The van der Waals surface area contributed by atoms with Gasteiger partial charge < -0.3 is 5.32 Å². The van der Waals surface area contributed by atoms with Crippen molar-refractivity contribution in [3.05, 3.63) is 39.1 Å². The zero-order valence-electron chi connectivity index (χ0n) is 10.2. The average Bonchev–Trinajstić information content (AvgIpc) is 2.99. The summed E-state index contributed by atoms with van der Waals surface area (Å²) in [6, 6.07) is 8.35. The predicted octanol–water partition coefficient (Wildman–Crippen LogP) is 3.82. The Morgan fingerprint density at radius 3 is 2.67 bits per heavy atom. The third kappa shape index (κ3) is 2.25. The molecule has 1 aliphatic carbocycles. The van der Waals surface area contributed by atoms with Crippen molar-refractivity contribution >= 4 is 27.3 Å². The number of aromatic nitrogens is 1. The number of hydrogen-bond donors (Lipinski definition) is 1. The molecule has 1 fully saturated rings. The summed E-state index contributed by atoms with van der Waals surface area (Å²) in [6.45, 7) is 1.04. The molecule has 1 aromatic heterocycles. The van der Waals surface area contributed by atoms with E-state index in [9.17, 15) is 0 Å². The molecular formula is C14H15BrN2S. The molecule has 0 saturated heterocycles. The second-order valence-electron chi connectivity index (χ2n) is 4.86. The molecule has 1 heterocycles. The first-order chi connectivity index (χ1) is 8.73. The highest BCUT2D eigenvalue weighted by atomic mass is 79.9. The number of hydrogen-bond acceptors (Lipinski definition) is 3. The van der Waals surface area contributed by atoms with E-state index in [0.717, 1.165) is 16.7 Å². The van der Waals surface area contributed by atoms with Gasteiger partial charge in [-0.2, -0.15) is 0 Å². The molecule has 0 radical (unpaired) electrons. The van der Waals surface area contributed by atoms with E-state index in [1.165, 1.54) is 23.4 Å². The monoisotopic (exact) mass is 322 g/mol. The molecule has 2 aromatic rings. The molecule has 1 aliphatic rings. The number of nitrogens with one attached hydrogen (secondary N) is 1. The lowest BCUT2D eigenvalue weighted by molar-refractivity contribution is 0.621. The summed E-state index contributed by atoms with van der Waals surface area (Å²) in [6.07, 6.45) is 2.53.